The maximum absolute atomic E-state index is 13.2. The number of nitro benzene ring substituents is 1. The molecule has 2 amide bonds. The van der Waals surface area contributed by atoms with Gasteiger partial charge in [0, 0.05) is 25.2 Å². The van der Waals surface area contributed by atoms with Crippen LogP contribution in [0.1, 0.15) is 5.56 Å². The van der Waals surface area contributed by atoms with Crippen molar-refractivity contribution in [1.29, 1.82) is 0 Å². The van der Waals surface area contributed by atoms with Crippen molar-refractivity contribution in [3.05, 3.63) is 82.4 Å². The highest BCUT2D eigenvalue weighted by molar-refractivity contribution is 7.90. The molecule has 4 rings (SSSR count). The first-order chi connectivity index (χ1) is 16.7. The molecule has 0 bridgehead atoms. The van der Waals surface area contributed by atoms with E-state index in [-0.39, 0.29) is 30.1 Å². The number of ether oxygens (including phenoxy) is 1. The zero-order valence-electron chi connectivity index (χ0n) is 18.6. The van der Waals surface area contributed by atoms with Crippen LogP contribution in [0.5, 0.6) is 0 Å². The maximum atomic E-state index is 13.2. The lowest BCUT2D eigenvalue weighted by atomic mass is 9.97. The zero-order chi connectivity index (χ0) is 25.0. The highest BCUT2D eigenvalue weighted by atomic mass is 32.2. The van der Waals surface area contributed by atoms with E-state index < -0.39 is 32.7 Å². The van der Waals surface area contributed by atoms with E-state index in [0.717, 1.165) is 5.39 Å². The van der Waals surface area contributed by atoms with E-state index in [0.29, 0.717) is 24.2 Å². The summed E-state index contributed by atoms with van der Waals surface area (Å²) in [6, 6.07) is 17.1. The Labute approximate surface area is 201 Å². The third kappa shape index (κ3) is 5.64. The number of carbonyl (C=O) groups is 2. The molecule has 0 aromatic heterocycles. The van der Waals surface area contributed by atoms with Gasteiger partial charge in [0.15, 0.2) is 0 Å². The van der Waals surface area contributed by atoms with Crippen LogP contribution in [0.4, 0.5) is 5.69 Å². The van der Waals surface area contributed by atoms with Gasteiger partial charge in [-0.05, 0) is 34.9 Å². The molecule has 3 aromatic carbocycles. The Balaban J connectivity index is 1.59. The van der Waals surface area contributed by atoms with Gasteiger partial charge in [-0.2, -0.15) is 0 Å². The molecule has 3 aromatic rings. The highest BCUT2D eigenvalue weighted by Crippen LogP contribution is 2.21. The van der Waals surface area contributed by atoms with Crippen LogP contribution in [-0.4, -0.2) is 56.4 Å². The Hall–Kier alpha value is -3.83. The number of non-ortho nitro benzene ring substituents is 1. The minimum Gasteiger partial charge on any atom is -0.378 e. The van der Waals surface area contributed by atoms with E-state index in [4.69, 9.17) is 4.74 Å². The van der Waals surface area contributed by atoms with Crippen LogP contribution in [0, 0.1) is 16.0 Å². The SMILES string of the molecule is O=C(NS(=O)(=O)c1ccc2ccccc2c1)C(Cc1ccc([N+](=O)[O-])cc1)C(=O)N1CCOCC1. The largest absolute Gasteiger partial charge is 0.378 e. The molecule has 1 fully saturated rings. The Kier molecular flexibility index (Phi) is 7.08. The minimum absolute atomic E-state index is 0.0996. The van der Waals surface area contributed by atoms with E-state index in [1.165, 1.54) is 41.3 Å². The summed E-state index contributed by atoms with van der Waals surface area (Å²) in [5, 5.41) is 12.5. The fourth-order valence-electron chi connectivity index (χ4n) is 3.88. The normalized spacial score (nSPS) is 14.9. The van der Waals surface area contributed by atoms with Crippen LogP contribution in [0.15, 0.2) is 71.6 Å². The molecule has 0 radical (unpaired) electrons. The molecular formula is C24H23N3O7S. The fraction of sp³-hybridized carbons (Fsp3) is 0.250. The summed E-state index contributed by atoms with van der Waals surface area (Å²) < 4.78 is 33.3. The average molecular weight is 498 g/mol. The Bertz CT molecular complexity index is 1370. The van der Waals surface area contributed by atoms with Crippen LogP contribution in [0.3, 0.4) is 0 Å². The van der Waals surface area contributed by atoms with Crippen LogP contribution in [0.2, 0.25) is 0 Å². The van der Waals surface area contributed by atoms with Gasteiger partial charge in [-0.25, -0.2) is 13.1 Å². The maximum Gasteiger partial charge on any atom is 0.269 e. The summed E-state index contributed by atoms with van der Waals surface area (Å²) in [6.45, 7) is 1.18. The van der Waals surface area contributed by atoms with Crippen molar-refractivity contribution < 1.29 is 27.7 Å². The summed E-state index contributed by atoms with van der Waals surface area (Å²) in [6.07, 6.45) is -0.118. The van der Waals surface area contributed by atoms with Gasteiger partial charge in [-0.15, -0.1) is 0 Å². The van der Waals surface area contributed by atoms with E-state index in [1.807, 2.05) is 12.1 Å². The first-order valence-electron chi connectivity index (χ1n) is 10.9. The Morgan fingerprint density at radius 1 is 1.00 bits per heavy atom. The van der Waals surface area contributed by atoms with Gasteiger partial charge < -0.3 is 9.64 Å². The molecule has 1 atom stereocenters. The van der Waals surface area contributed by atoms with E-state index in [9.17, 15) is 28.1 Å². The Morgan fingerprint density at radius 2 is 1.66 bits per heavy atom. The topological polar surface area (TPSA) is 136 Å². The quantitative estimate of drug-likeness (QED) is 0.300. The first-order valence-corrected chi connectivity index (χ1v) is 12.4. The zero-order valence-corrected chi connectivity index (χ0v) is 19.4. The molecule has 0 spiro atoms. The number of nitrogens with zero attached hydrogens (tertiary/aromatic N) is 2. The number of nitrogens with one attached hydrogen (secondary N) is 1. The summed E-state index contributed by atoms with van der Waals surface area (Å²) in [4.78, 5) is 38.1. The second-order valence-corrected chi connectivity index (χ2v) is 9.78. The summed E-state index contributed by atoms with van der Waals surface area (Å²) in [5.74, 6) is -2.84. The third-order valence-corrected chi connectivity index (χ3v) is 7.13. The van der Waals surface area contributed by atoms with E-state index in [1.54, 1.807) is 18.2 Å². The molecule has 11 heteroatoms. The summed E-state index contributed by atoms with van der Waals surface area (Å²) >= 11 is 0. The average Bonchev–Trinajstić information content (AvgIpc) is 2.87. The van der Waals surface area contributed by atoms with Gasteiger partial charge in [0.1, 0.15) is 5.92 Å². The van der Waals surface area contributed by atoms with Gasteiger partial charge in [0.2, 0.25) is 11.8 Å². The molecule has 1 aliphatic rings. The number of hydrogen-bond donors (Lipinski definition) is 1. The monoisotopic (exact) mass is 497 g/mol. The Morgan fingerprint density at radius 3 is 2.31 bits per heavy atom. The number of benzene rings is 3. The van der Waals surface area contributed by atoms with Crippen LogP contribution in [-0.2, 0) is 30.8 Å². The molecule has 0 aliphatic carbocycles. The number of sulfonamides is 1. The van der Waals surface area contributed by atoms with Crippen LogP contribution >= 0.6 is 0 Å². The van der Waals surface area contributed by atoms with Crippen molar-refractivity contribution >= 4 is 38.3 Å². The van der Waals surface area contributed by atoms with Crippen LogP contribution < -0.4 is 4.72 Å². The number of hydrogen-bond acceptors (Lipinski definition) is 7. The number of carbonyl (C=O) groups excluding carboxylic acids is 2. The van der Waals surface area contributed by atoms with Gasteiger partial charge in [0.25, 0.3) is 15.7 Å². The standard InChI is InChI=1S/C24H23N3O7S/c28-23(25-35(32,33)21-10-7-18-3-1-2-4-19(18)16-21)22(24(29)26-11-13-34-14-12-26)15-17-5-8-20(9-6-17)27(30)31/h1-10,16,22H,11-15H2,(H,25,28). The molecule has 35 heavy (non-hydrogen) atoms. The molecule has 1 aliphatic heterocycles. The second kappa shape index (κ2) is 10.2. The molecule has 10 nitrogen and oxygen atoms in total. The molecular weight excluding hydrogens is 474 g/mol. The lowest BCUT2D eigenvalue weighted by Gasteiger charge is -2.30. The van der Waals surface area contributed by atoms with Gasteiger partial charge in [-0.3, -0.25) is 19.7 Å². The van der Waals surface area contributed by atoms with Crippen molar-refractivity contribution in [3.63, 3.8) is 0 Å². The second-order valence-electron chi connectivity index (χ2n) is 8.10. The number of nitro groups is 1. The summed E-state index contributed by atoms with van der Waals surface area (Å²) in [7, 11) is -4.25. The number of amides is 2. The van der Waals surface area contributed by atoms with E-state index >= 15 is 0 Å². The fourth-order valence-corrected chi connectivity index (χ4v) is 4.94. The van der Waals surface area contributed by atoms with Crippen molar-refractivity contribution in [2.75, 3.05) is 26.3 Å². The minimum atomic E-state index is -4.25. The van der Waals surface area contributed by atoms with Crippen molar-refractivity contribution in [3.8, 4) is 0 Å². The van der Waals surface area contributed by atoms with Crippen molar-refractivity contribution in [1.82, 2.24) is 9.62 Å². The highest BCUT2D eigenvalue weighted by Gasteiger charge is 2.34. The van der Waals surface area contributed by atoms with Crippen LogP contribution in [0.25, 0.3) is 10.8 Å². The molecule has 0 saturated carbocycles. The molecule has 1 saturated heterocycles. The smallest absolute Gasteiger partial charge is 0.269 e. The lowest BCUT2D eigenvalue weighted by Crippen LogP contribution is -2.49. The first kappa shape index (κ1) is 24.3. The number of rotatable bonds is 7. The predicted octanol–water partition coefficient (Wildman–Crippen LogP) is 2.27. The van der Waals surface area contributed by atoms with Crippen molar-refractivity contribution in [2.45, 2.75) is 11.3 Å². The van der Waals surface area contributed by atoms with E-state index in [2.05, 4.69) is 4.72 Å². The molecule has 1 unspecified atom stereocenters. The van der Waals surface area contributed by atoms with Crippen molar-refractivity contribution in [2.24, 2.45) is 5.92 Å². The number of morpholine rings is 1. The van der Waals surface area contributed by atoms with Gasteiger partial charge >= 0.3 is 0 Å². The molecule has 1 N–H and O–H groups in total. The third-order valence-electron chi connectivity index (χ3n) is 5.79. The lowest BCUT2D eigenvalue weighted by molar-refractivity contribution is -0.384. The predicted molar refractivity (Wildman–Crippen MR) is 127 cm³/mol. The molecule has 1 heterocycles. The van der Waals surface area contributed by atoms with Gasteiger partial charge in [-0.1, -0.05) is 42.5 Å². The number of fused-ring (bicyclic) bond motifs is 1. The van der Waals surface area contributed by atoms with Gasteiger partial charge in [0.05, 0.1) is 23.0 Å². The molecule has 182 valence electrons. The summed E-state index contributed by atoms with van der Waals surface area (Å²) in [5.41, 5.74) is 0.355.